The van der Waals surface area contributed by atoms with Crippen LogP contribution in [0.1, 0.15) is 27.8 Å². The van der Waals surface area contributed by atoms with Gasteiger partial charge in [0.25, 0.3) is 0 Å². The lowest BCUT2D eigenvalue weighted by Gasteiger charge is -2.34. The summed E-state index contributed by atoms with van der Waals surface area (Å²) >= 11 is 1.72. The molecule has 0 amide bonds. The lowest BCUT2D eigenvalue weighted by atomic mass is 10.0. The first-order chi connectivity index (χ1) is 22.4. The van der Waals surface area contributed by atoms with E-state index in [1.165, 1.54) is 10.3 Å². The first-order valence-electron chi connectivity index (χ1n) is 15.6. The van der Waals surface area contributed by atoms with Crippen molar-refractivity contribution in [2.45, 2.75) is 20.8 Å². The van der Waals surface area contributed by atoms with E-state index in [2.05, 4.69) is 91.3 Å². The molecule has 6 rings (SSSR count). The molecule has 1 fully saturated rings. The van der Waals surface area contributed by atoms with E-state index >= 15 is 0 Å². The summed E-state index contributed by atoms with van der Waals surface area (Å²) in [5.41, 5.74) is 7.78. The number of nitrogens with zero attached hydrogens (tertiary/aromatic N) is 3. The first kappa shape index (κ1) is 31.6. The van der Waals surface area contributed by atoms with E-state index < -0.39 is 0 Å². The Hall–Kier alpha value is -4.37. The van der Waals surface area contributed by atoms with Crippen molar-refractivity contribution < 1.29 is 18.9 Å². The standard InChI is InChI=1S/C38H41N3O4S/c1-26-20-30(23-35(43-5)28(26)3)11-10-29-12-14-34(42-4)36(22-29)45-25-41-18-16-40(17-19-41)24-44-33-15-13-31(21-27(33)2)38-39-32-8-6-7-9-37(32)46-38/h6-15,20-23H,16-19,24-25H2,1-5H3/b11-10-. The van der Waals surface area contributed by atoms with Gasteiger partial charge in [0.15, 0.2) is 11.5 Å². The van der Waals surface area contributed by atoms with Gasteiger partial charge < -0.3 is 18.9 Å². The zero-order valence-electron chi connectivity index (χ0n) is 27.2. The highest BCUT2D eigenvalue weighted by atomic mass is 32.1. The normalized spacial score (nSPS) is 14.2. The third-order valence-electron chi connectivity index (χ3n) is 8.50. The molecule has 0 aliphatic carbocycles. The van der Waals surface area contributed by atoms with Gasteiger partial charge in [-0.25, -0.2) is 4.98 Å². The number of benzene rings is 4. The minimum Gasteiger partial charge on any atom is -0.496 e. The van der Waals surface area contributed by atoms with E-state index in [0.717, 1.165) is 87.5 Å². The highest BCUT2D eigenvalue weighted by molar-refractivity contribution is 7.21. The van der Waals surface area contributed by atoms with Crippen molar-refractivity contribution in [3.8, 4) is 33.6 Å². The molecule has 1 aliphatic heterocycles. The highest BCUT2D eigenvalue weighted by Crippen LogP contribution is 2.33. The maximum absolute atomic E-state index is 6.27. The molecule has 238 valence electrons. The van der Waals surface area contributed by atoms with E-state index in [0.29, 0.717) is 13.5 Å². The molecule has 1 aromatic heterocycles. The summed E-state index contributed by atoms with van der Waals surface area (Å²) < 4.78 is 24.9. The summed E-state index contributed by atoms with van der Waals surface area (Å²) in [6.45, 7) is 11.0. The predicted octanol–water partition coefficient (Wildman–Crippen LogP) is 8.07. The number of methoxy groups -OCH3 is 2. The van der Waals surface area contributed by atoms with E-state index in [-0.39, 0.29) is 0 Å². The molecule has 0 unspecified atom stereocenters. The van der Waals surface area contributed by atoms with Crippen LogP contribution in [0.15, 0.2) is 72.8 Å². The van der Waals surface area contributed by atoms with Gasteiger partial charge >= 0.3 is 0 Å². The molecule has 0 saturated carbocycles. The number of thiazole rings is 1. The molecule has 5 aromatic rings. The van der Waals surface area contributed by atoms with Crippen molar-refractivity contribution in [1.82, 2.24) is 14.8 Å². The number of para-hydroxylation sites is 1. The second kappa shape index (κ2) is 14.4. The summed E-state index contributed by atoms with van der Waals surface area (Å²) in [4.78, 5) is 9.46. The summed E-state index contributed by atoms with van der Waals surface area (Å²) in [6, 6.07) is 24.9. The van der Waals surface area contributed by atoms with Crippen LogP contribution in [0, 0.1) is 20.8 Å². The van der Waals surface area contributed by atoms with Gasteiger partial charge in [0.05, 0.1) is 24.4 Å². The summed E-state index contributed by atoms with van der Waals surface area (Å²) in [6.07, 6.45) is 4.19. The molecule has 1 aliphatic rings. The van der Waals surface area contributed by atoms with Crippen LogP contribution in [0.25, 0.3) is 32.9 Å². The third-order valence-corrected chi connectivity index (χ3v) is 9.59. The molecule has 0 atom stereocenters. The zero-order chi connectivity index (χ0) is 32.0. The number of aryl methyl sites for hydroxylation is 2. The fourth-order valence-electron chi connectivity index (χ4n) is 5.57. The molecule has 0 N–H and O–H groups in total. The van der Waals surface area contributed by atoms with Crippen molar-refractivity contribution in [3.05, 3.63) is 101 Å². The van der Waals surface area contributed by atoms with Crippen molar-refractivity contribution in [2.24, 2.45) is 0 Å². The molecule has 2 heterocycles. The van der Waals surface area contributed by atoms with Gasteiger partial charge in [-0.1, -0.05) is 36.4 Å². The number of piperazine rings is 1. The molecule has 0 radical (unpaired) electrons. The zero-order valence-corrected chi connectivity index (χ0v) is 28.0. The first-order valence-corrected chi connectivity index (χ1v) is 16.4. The fourth-order valence-corrected chi connectivity index (χ4v) is 6.54. The molecular formula is C38H41N3O4S. The van der Waals surface area contributed by atoms with Gasteiger partial charge in [-0.05, 0) is 97.1 Å². The quantitative estimate of drug-likeness (QED) is 0.136. The van der Waals surface area contributed by atoms with Crippen LogP contribution in [0.2, 0.25) is 0 Å². The Labute approximate surface area is 275 Å². The average Bonchev–Trinajstić information content (AvgIpc) is 3.52. The van der Waals surface area contributed by atoms with Crippen molar-refractivity contribution in [1.29, 1.82) is 0 Å². The smallest absolute Gasteiger partial charge is 0.163 e. The summed E-state index contributed by atoms with van der Waals surface area (Å²) in [5.74, 6) is 3.27. The second-order valence-corrected chi connectivity index (χ2v) is 12.7. The number of hydrogen-bond acceptors (Lipinski definition) is 8. The molecule has 4 aromatic carbocycles. The van der Waals surface area contributed by atoms with Gasteiger partial charge in [0.2, 0.25) is 0 Å². The summed E-state index contributed by atoms with van der Waals surface area (Å²) in [5, 5.41) is 1.04. The molecule has 1 saturated heterocycles. The summed E-state index contributed by atoms with van der Waals surface area (Å²) in [7, 11) is 3.39. The van der Waals surface area contributed by atoms with E-state index in [1.54, 1.807) is 25.6 Å². The number of aromatic nitrogens is 1. The van der Waals surface area contributed by atoms with Crippen LogP contribution >= 0.6 is 11.3 Å². The second-order valence-electron chi connectivity index (χ2n) is 11.7. The minimum atomic E-state index is 0.499. The lowest BCUT2D eigenvalue weighted by molar-refractivity contribution is 0.0323. The Balaban J connectivity index is 0.997. The van der Waals surface area contributed by atoms with Crippen LogP contribution in [-0.2, 0) is 0 Å². The van der Waals surface area contributed by atoms with Crippen molar-refractivity contribution >= 4 is 33.7 Å². The van der Waals surface area contributed by atoms with Gasteiger partial charge in [0, 0.05) is 31.7 Å². The van der Waals surface area contributed by atoms with Crippen molar-refractivity contribution in [3.63, 3.8) is 0 Å². The van der Waals surface area contributed by atoms with Gasteiger partial charge in [0.1, 0.15) is 30.0 Å². The van der Waals surface area contributed by atoms with E-state index in [9.17, 15) is 0 Å². The third kappa shape index (κ3) is 7.36. The Morgan fingerprint density at radius 2 is 1.33 bits per heavy atom. The van der Waals surface area contributed by atoms with Crippen LogP contribution < -0.4 is 18.9 Å². The maximum Gasteiger partial charge on any atom is 0.163 e. The highest BCUT2D eigenvalue weighted by Gasteiger charge is 2.19. The molecule has 0 spiro atoms. The Kier molecular flexibility index (Phi) is 9.88. The monoisotopic (exact) mass is 635 g/mol. The molecule has 8 heteroatoms. The van der Waals surface area contributed by atoms with Crippen LogP contribution in [0.5, 0.6) is 23.0 Å². The molecule has 0 bridgehead atoms. The maximum atomic E-state index is 6.27. The molecular weight excluding hydrogens is 595 g/mol. The Morgan fingerprint density at radius 3 is 2.02 bits per heavy atom. The minimum absolute atomic E-state index is 0.499. The fraction of sp³-hybridized carbons (Fsp3) is 0.289. The number of fused-ring (bicyclic) bond motifs is 1. The number of ether oxygens (including phenoxy) is 4. The van der Waals surface area contributed by atoms with Gasteiger partial charge in [-0.15, -0.1) is 11.3 Å². The molecule has 7 nitrogen and oxygen atoms in total. The van der Waals surface area contributed by atoms with E-state index in [1.807, 2.05) is 24.3 Å². The average molecular weight is 636 g/mol. The van der Waals surface area contributed by atoms with Crippen LogP contribution in [0.4, 0.5) is 0 Å². The van der Waals surface area contributed by atoms with Crippen molar-refractivity contribution in [2.75, 3.05) is 53.9 Å². The lowest BCUT2D eigenvalue weighted by Crippen LogP contribution is -2.48. The van der Waals surface area contributed by atoms with Crippen LogP contribution in [0.3, 0.4) is 0 Å². The Bertz CT molecular complexity index is 1810. The van der Waals surface area contributed by atoms with Gasteiger partial charge in [-0.2, -0.15) is 0 Å². The van der Waals surface area contributed by atoms with Crippen LogP contribution in [-0.4, -0.2) is 68.6 Å². The van der Waals surface area contributed by atoms with Gasteiger partial charge in [-0.3, -0.25) is 9.80 Å². The molecule has 46 heavy (non-hydrogen) atoms. The SMILES string of the molecule is COc1ccc(/C=C\c2cc(C)c(C)c(OC)c2)cc1OCN1CCN(COc2ccc(-c3nc4ccccc4s3)cc2C)CC1. The number of hydrogen-bond donors (Lipinski definition) is 0. The topological polar surface area (TPSA) is 56.3 Å². The Morgan fingerprint density at radius 1 is 0.674 bits per heavy atom. The van der Waals surface area contributed by atoms with E-state index in [4.69, 9.17) is 23.9 Å². The largest absolute Gasteiger partial charge is 0.496 e. The predicted molar refractivity (Wildman–Crippen MR) is 188 cm³/mol. The number of rotatable bonds is 11.